The summed E-state index contributed by atoms with van der Waals surface area (Å²) < 4.78 is 28.6. The maximum Gasteiger partial charge on any atom is 0.209 e. The first-order valence-electron chi connectivity index (χ1n) is 11.7. The zero-order valence-corrected chi connectivity index (χ0v) is 21.2. The highest BCUT2D eigenvalue weighted by molar-refractivity contribution is 7.88. The zero-order chi connectivity index (χ0) is 24.3. The topological polar surface area (TPSA) is 83.4 Å². The molecule has 0 radical (unpaired) electrons. The third kappa shape index (κ3) is 5.84. The summed E-state index contributed by atoms with van der Waals surface area (Å²) in [5, 5.41) is 8.77. The Hall–Kier alpha value is -2.75. The third-order valence-electron chi connectivity index (χ3n) is 6.31. The number of fused-ring (bicyclic) bond motifs is 1. The second-order valence-corrected chi connectivity index (χ2v) is 11.1. The van der Waals surface area contributed by atoms with Crippen LogP contribution in [0.2, 0.25) is 0 Å². The molecular weight excluding hydrogens is 448 g/mol. The molecule has 1 atom stereocenters. The quantitative estimate of drug-likeness (QED) is 0.530. The number of hydrogen-bond acceptors (Lipinski definition) is 6. The van der Waals surface area contributed by atoms with E-state index in [2.05, 4.69) is 72.7 Å². The van der Waals surface area contributed by atoms with E-state index in [0.29, 0.717) is 5.82 Å². The van der Waals surface area contributed by atoms with E-state index < -0.39 is 16.1 Å². The minimum atomic E-state index is -3.35. The van der Waals surface area contributed by atoms with Crippen molar-refractivity contribution in [2.75, 3.05) is 31.3 Å². The molecule has 0 aliphatic carbocycles. The summed E-state index contributed by atoms with van der Waals surface area (Å²) in [6.45, 7) is 7.32. The Balaban J connectivity index is 1.42. The summed E-state index contributed by atoms with van der Waals surface area (Å²) >= 11 is 0. The molecule has 2 heterocycles. The van der Waals surface area contributed by atoms with Gasteiger partial charge >= 0.3 is 0 Å². The highest BCUT2D eigenvalue weighted by atomic mass is 32.2. The Morgan fingerprint density at radius 2 is 1.65 bits per heavy atom. The number of para-hydroxylation sites is 1. The molecule has 9 heteroatoms. The first-order valence-corrected chi connectivity index (χ1v) is 13.6. The van der Waals surface area contributed by atoms with Crippen LogP contribution in [0.1, 0.15) is 37.1 Å². The fourth-order valence-corrected chi connectivity index (χ4v) is 5.22. The molecule has 8 nitrogen and oxygen atoms in total. The van der Waals surface area contributed by atoms with Gasteiger partial charge in [0, 0.05) is 51.0 Å². The lowest BCUT2D eigenvalue weighted by Crippen LogP contribution is -2.33. The van der Waals surface area contributed by atoms with Crippen molar-refractivity contribution in [3.8, 4) is 0 Å². The second-order valence-electron chi connectivity index (χ2n) is 9.32. The summed E-state index contributed by atoms with van der Waals surface area (Å²) in [5.41, 5.74) is 3.58. The molecule has 0 saturated carbocycles. The maximum atomic E-state index is 11.9. The van der Waals surface area contributed by atoms with Crippen LogP contribution in [0.25, 0.3) is 0 Å². The molecule has 0 fully saturated rings. The molecule has 0 amide bonds. The average molecular weight is 483 g/mol. The Labute approximate surface area is 202 Å². The maximum absolute atomic E-state index is 11.9. The van der Waals surface area contributed by atoms with Crippen molar-refractivity contribution in [2.24, 2.45) is 5.92 Å². The van der Waals surface area contributed by atoms with Gasteiger partial charge in [0.25, 0.3) is 0 Å². The number of sulfonamides is 1. The molecule has 34 heavy (non-hydrogen) atoms. The van der Waals surface area contributed by atoms with Crippen LogP contribution in [0.5, 0.6) is 0 Å². The van der Waals surface area contributed by atoms with Gasteiger partial charge in [-0.3, -0.25) is 4.90 Å². The highest BCUT2D eigenvalue weighted by Crippen LogP contribution is 2.25. The minimum absolute atomic E-state index is 0.0647. The first kappa shape index (κ1) is 24.4. The van der Waals surface area contributed by atoms with Crippen molar-refractivity contribution in [3.05, 3.63) is 71.8 Å². The Morgan fingerprint density at radius 1 is 0.971 bits per heavy atom. The molecule has 3 aromatic rings. The number of nitrogens with zero attached hydrogens (tertiary/aromatic N) is 5. The van der Waals surface area contributed by atoms with E-state index in [1.807, 2.05) is 32.0 Å². The van der Waals surface area contributed by atoms with E-state index in [-0.39, 0.29) is 5.92 Å². The van der Waals surface area contributed by atoms with Crippen LogP contribution >= 0.6 is 0 Å². The lowest BCUT2D eigenvalue weighted by molar-refractivity contribution is 0.269. The van der Waals surface area contributed by atoms with E-state index in [1.54, 1.807) is 0 Å². The van der Waals surface area contributed by atoms with E-state index in [4.69, 9.17) is 0 Å². The van der Waals surface area contributed by atoms with Crippen molar-refractivity contribution >= 4 is 21.4 Å². The van der Waals surface area contributed by atoms with Crippen molar-refractivity contribution in [1.82, 2.24) is 24.4 Å². The molecule has 1 unspecified atom stereocenters. The van der Waals surface area contributed by atoms with Gasteiger partial charge in [-0.2, -0.15) is 0 Å². The van der Waals surface area contributed by atoms with Gasteiger partial charge in [-0.05, 0) is 35.7 Å². The summed E-state index contributed by atoms with van der Waals surface area (Å²) in [5.74, 6) is 1.68. The van der Waals surface area contributed by atoms with Gasteiger partial charge in [-0.1, -0.05) is 44.2 Å². The van der Waals surface area contributed by atoms with Crippen LogP contribution in [0, 0.1) is 5.92 Å². The van der Waals surface area contributed by atoms with Gasteiger partial charge in [0.05, 0.1) is 12.3 Å². The molecule has 0 spiro atoms. The number of hydrogen-bond donors (Lipinski definition) is 1. The van der Waals surface area contributed by atoms with E-state index in [1.165, 1.54) is 11.8 Å². The summed E-state index contributed by atoms with van der Waals surface area (Å²) in [6.07, 6.45) is 1.97. The third-order valence-corrected chi connectivity index (χ3v) is 6.99. The van der Waals surface area contributed by atoms with E-state index in [9.17, 15) is 8.42 Å². The predicted octanol–water partition coefficient (Wildman–Crippen LogP) is 3.35. The van der Waals surface area contributed by atoms with Crippen molar-refractivity contribution in [3.63, 3.8) is 0 Å². The normalized spacial score (nSPS) is 15.7. The number of benzene rings is 2. The van der Waals surface area contributed by atoms with Crippen LogP contribution in [-0.2, 0) is 29.5 Å². The molecule has 0 saturated heterocycles. The number of aromatic nitrogens is 3. The van der Waals surface area contributed by atoms with Gasteiger partial charge < -0.3 is 9.47 Å². The lowest BCUT2D eigenvalue weighted by Gasteiger charge is -2.23. The Kier molecular flexibility index (Phi) is 7.35. The summed E-state index contributed by atoms with van der Waals surface area (Å²) in [7, 11) is -1.28. The molecule has 182 valence electrons. The fraction of sp³-hybridized carbons (Fsp3) is 0.440. The minimum Gasteiger partial charge on any atom is -0.345 e. The molecule has 1 aliphatic rings. The number of anilines is 2. The highest BCUT2D eigenvalue weighted by Gasteiger charge is 2.28. The standard InChI is InChI=1S/C25H34N6O2S/c1-19(2)24(28-34(4,32)33)25-27-26-23-14-15-30(16-17-31(23)25)18-20-10-12-22(13-11-20)29(3)21-8-6-5-7-9-21/h5-13,19,24,28H,14-18H2,1-4H3. The Morgan fingerprint density at radius 3 is 2.29 bits per heavy atom. The largest absolute Gasteiger partial charge is 0.345 e. The van der Waals surface area contributed by atoms with Gasteiger partial charge in [-0.15, -0.1) is 10.2 Å². The second kappa shape index (κ2) is 10.2. The summed E-state index contributed by atoms with van der Waals surface area (Å²) in [6, 6.07) is 18.6. The van der Waals surface area contributed by atoms with Crippen molar-refractivity contribution < 1.29 is 8.42 Å². The van der Waals surface area contributed by atoms with Crippen LogP contribution in [-0.4, -0.2) is 54.5 Å². The Bertz CT molecular complexity index is 1190. The van der Waals surface area contributed by atoms with Crippen molar-refractivity contribution in [2.45, 2.75) is 39.4 Å². The monoisotopic (exact) mass is 482 g/mol. The number of nitrogens with one attached hydrogen (secondary N) is 1. The smallest absolute Gasteiger partial charge is 0.209 e. The molecule has 1 N–H and O–H groups in total. The fourth-order valence-electron chi connectivity index (χ4n) is 4.38. The summed E-state index contributed by atoms with van der Waals surface area (Å²) in [4.78, 5) is 4.60. The van der Waals surface area contributed by atoms with Crippen LogP contribution < -0.4 is 9.62 Å². The zero-order valence-electron chi connectivity index (χ0n) is 20.3. The molecule has 4 rings (SSSR count). The van der Waals surface area contributed by atoms with Gasteiger partial charge in [0.15, 0.2) is 5.82 Å². The van der Waals surface area contributed by atoms with Gasteiger partial charge in [0.1, 0.15) is 5.82 Å². The van der Waals surface area contributed by atoms with Crippen molar-refractivity contribution in [1.29, 1.82) is 0 Å². The van der Waals surface area contributed by atoms with Gasteiger partial charge in [-0.25, -0.2) is 13.1 Å². The van der Waals surface area contributed by atoms with Crippen LogP contribution in [0.3, 0.4) is 0 Å². The number of rotatable bonds is 8. The molecule has 1 aliphatic heterocycles. The molecule has 1 aromatic heterocycles. The average Bonchev–Trinajstić information content (AvgIpc) is 3.11. The van der Waals surface area contributed by atoms with Gasteiger partial charge in [0.2, 0.25) is 10.0 Å². The van der Waals surface area contributed by atoms with E-state index >= 15 is 0 Å². The van der Waals surface area contributed by atoms with E-state index in [0.717, 1.165) is 49.8 Å². The predicted molar refractivity (Wildman–Crippen MR) is 136 cm³/mol. The SMILES string of the molecule is CC(C)C(NS(C)(=O)=O)c1nnc2n1CCN(Cc1ccc(N(C)c3ccccc3)cc1)CC2. The molecule has 0 bridgehead atoms. The van der Waals surface area contributed by atoms with Crippen LogP contribution in [0.4, 0.5) is 11.4 Å². The molecule has 2 aromatic carbocycles. The van der Waals surface area contributed by atoms with Crippen LogP contribution in [0.15, 0.2) is 54.6 Å². The lowest BCUT2D eigenvalue weighted by atomic mass is 10.1. The molecular formula is C25H34N6O2S. The first-order chi connectivity index (χ1) is 16.2.